The van der Waals surface area contributed by atoms with Crippen LogP contribution in [0.3, 0.4) is 0 Å². The molecule has 1 aromatic rings. The molecule has 0 aromatic heterocycles. The number of halogens is 1. The second-order valence-electron chi connectivity index (χ2n) is 6.84. The Labute approximate surface area is 183 Å². The van der Waals surface area contributed by atoms with Crippen molar-refractivity contribution >= 4 is 59.8 Å². The first kappa shape index (κ1) is 24.3. The molecule has 0 atom stereocenters. The van der Waals surface area contributed by atoms with Gasteiger partial charge in [-0.3, -0.25) is 0 Å². The number of hydrogen-bond donors (Lipinski definition) is 3. The lowest BCUT2D eigenvalue weighted by Crippen LogP contribution is -2.27. The summed E-state index contributed by atoms with van der Waals surface area (Å²) in [4.78, 5) is 11.9. The number of benzene rings is 1. The summed E-state index contributed by atoms with van der Waals surface area (Å²) in [5, 5.41) is 0. The topological polar surface area (TPSA) is 26.3 Å². The van der Waals surface area contributed by atoms with Gasteiger partial charge in [0, 0.05) is 4.47 Å². The highest BCUT2D eigenvalue weighted by Crippen LogP contribution is 2.29. The summed E-state index contributed by atoms with van der Waals surface area (Å²) in [7, 11) is 0. The number of esters is 1. The van der Waals surface area contributed by atoms with E-state index in [0.717, 1.165) is 41.0 Å². The molecule has 0 radical (unpaired) electrons. The first-order valence-electron chi connectivity index (χ1n) is 9.32. The Bertz CT molecular complexity index is 496. The van der Waals surface area contributed by atoms with Crippen LogP contribution in [0.15, 0.2) is 28.7 Å². The first-order chi connectivity index (χ1) is 12.6. The number of carbonyl (C=O) groups is 1. The Morgan fingerprint density at radius 3 is 1.88 bits per heavy atom. The average molecular weight is 480 g/mol. The summed E-state index contributed by atoms with van der Waals surface area (Å²) in [6.07, 6.45) is 9.41. The molecule has 0 aliphatic carbocycles. The molecule has 1 aromatic carbocycles. The SMILES string of the molecule is O=C(OCCCCCCCCCC(CS)(CS)CS)c1ccc(Br)cc1. The van der Waals surface area contributed by atoms with E-state index < -0.39 is 0 Å². The van der Waals surface area contributed by atoms with Crippen LogP contribution in [-0.2, 0) is 4.74 Å². The van der Waals surface area contributed by atoms with Crippen molar-refractivity contribution in [3.05, 3.63) is 34.3 Å². The number of thiol groups is 3. The number of rotatable bonds is 14. The van der Waals surface area contributed by atoms with E-state index >= 15 is 0 Å². The fourth-order valence-electron chi connectivity index (χ4n) is 2.71. The van der Waals surface area contributed by atoms with Crippen molar-refractivity contribution in [2.75, 3.05) is 23.9 Å². The third kappa shape index (κ3) is 9.43. The van der Waals surface area contributed by atoms with Gasteiger partial charge in [0.2, 0.25) is 0 Å². The summed E-state index contributed by atoms with van der Waals surface area (Å²) in [5.41, 5.74) is 0.793. The van der Waals surface area contributed by atoms with Gasteiger partial charge in [-0.05, 0) is 59.8 Å². The molecule has 0 bridgehead atoms. The highest BCUT2D eigenvalue weighted by Gasteiger charge is 2.24. The molecule has 0 spiro atoms. The summed E-state index contributed by atoms with van der Waals surface area (Å²) in [6.45, 7) is 0.503. The van der Waals surface area contributed by atoms with Crippen LogP contribution in [0.5, 0.6) is 0 Å². The van der Waals surface area contributed by atoms with Crippen molar-refractivity contribution in [3.63, 3.8) is 0 Å². The third-order valence-electron chi connectivity index (χ3n) is 4.67. The van der Waals surface area contributed by atoms with Crippen molar-refractivity contribution in [3.8, 4) is 0 Å². The second-order valence-corrected chi connectivity index (χ2v) is 8.71. The summed E-state index contributed by atoms with van der Waals surface area (Å²) in [6, 6.07) is 7.25. The molecule has 148 valence electrons. The van der Waals surface area contributed by atoms with E-state index in [9.17, 15) is 4.79 Å². The van der Waals surface area contributed by atoms with Crippen LogP contribution in [0.1, 0.15) is 61.7 Å². The van der Waals surface area contributed by atoms with E-state index in [0.29, 0.717) is 12.2 Å². The Kier molecular flexibility index (Phi) is 13.3. The maximum absolute atomic E-state index is 11.9. The quantitative estimate of drug-likeness (QED) is 0.161. The standard InChI is InChI=1S/C20H31BrO2S3/c21-18-10-8-17(9-11-18)19(22)23-13-7-5-3-1-2-4-6-12-20(14-24,15-25)16-26/h8-11,24-26H,1-7,12-16H2. The second kappa shape index (κ2) is 14.3. The van der Waals surface area contributed by atoms with Crippen LogP contribution in [0, 0.1) is 5.41 Å². The van der Waals surface area contributed by atoms with Gasteiger partial charge in [0.1, 0.15) is 0 Å². The normalized spacial score (nSPS) is 11.5. The van der Waals surface area contributed by atoms with Crippen LogP contribution >= 0.6 is 53.8 Å². The fraction of sp³-hybridized carbons (Fsp3) is 0.650. The molecule has 1 rings (SSSR count). The van der Waals surface area contributed by atoms with Crippen LogP contribution in [0.4, 0.5) is 0 Å². The largest absolute Gasteiger partial charge is 0.462 e. The summed E-state index contributed by atoms with van der Waals surface area (Å²) in [5.74, 6) is 2.34. The number of unbranched alkanes of at least 4 members (excludes halogenated alkanes) is 6. The molecule has 0 saturated carbocycles. The van der Waals surface area contributed by atoms with Gasteiger partial charge in [-0.15, -0.1) is 0 Å². The Morgan fingerprint density at radius 2 is 1.35 bits per heavy atom. The Balaban J connectivity index is 1.99. The molecular formula is C20H31BrO2S3. The zero-order chi connectivity index (χ0) is 19.3. The summed E-state index contributed by atoms with van der Waals surface area (Å²) < 4.78 is 6.27. The van der Waals surface area contributed by atoms with Crippen LogP contribution in [0.2, 0.25) is 0 Å². The number of hydrogen-bond acceptors (Lipinski definition) is 5. The molecule has 0 aliphatic heterocycles. The smallest absolute Gasteiger partial charge is 0.338 e. The van der Waals surface area contributed by atoms with Crippen LogP contribution in [-0.4, -0.2) is 29.8 Å². The molecule has 0 aliphatic rings. The molecule has 0 N–H and O–H groups in total. The van der Waals surface area contributed by atoms with Gasteiger partial charge in [0.25, 0.3) is 0 Å². The Morgan fingerprint density at radius 1 is 0.846 bits per heavy atom. The number of carbonyl (C=O) groups excluding carboxylic acids is 1. The van der Waals surface area contributed by atoms with Crippen molar-refractivity contribution in [1.82, 2.24) is 0 Å². The van der Waals surface area contributed by atoms with Gasteiger partial charge in [-0.2, -0.15) is 37.9 Å². The van der Waals surface area contributed by atoms with Crippen molar-refractivity contribution < 1.29 is 9.53 Å². The van der Waals surface area contributed by atoms with Crippen LogP contribution in [0.25, 0.3) is 0 Å². The molecule has 0 unspecified atom stereocenters. The lowest BCUT2D eigenvalue weighted by molar-refractivity contribution is 0.0497. The molecule has 0 fully saturated rings. The zero-order valence-electron chi connectivity index (χ0n) is 15.3. The predicted octanol–water partition coefficient (Wildman–Crippen LogP) is 6.50. The van der Waals surface area contributed by atoms with Gasteiger partial charge in [-0.25, -0.2) is 4.79 Å². The van der Waals surface area contributed by atoms with E-state index in [1.807, 2.05) is 12.1 Å². The molecular weight excluding hydrogens is 448 g/mol. The minimum absolute atomic E-state index is 0.189. The highest BCUT2D eigenvalue weighted by atomic mass is 79.9. The Hall–Kier alpha value is 0.220. The molecule has 0 saturated heterocycles. The monoisotopic (exact) mass is 478 g/mol. The third-order valence-corrected chi connectivity index (χ3v) is 7.21. The maximum Gasteiger partial charge on any atom is 0.338 e. The van der Waals surface area contributed by atoms with Crippen molar-refractivity contribution in [2.45, 2.75) is 51.4 Å². The lowest BCUT2D eigenvalue weighted by Gasteiger charge is -2.28. The van der Waals surface area contributed by atoms with E-state index in [-0.39, 0.29) is 11.4 Å². The molecule has 2 nitrogen and oxygen atoms in total. The van der Waals surface area contributed by atoms with Crippen LogP contribution < -0.4 is 0 Å². The molecule has 6 heteroatoms. The van der Waals surface area contributed by atoms with Gasteiger partial charge >= 0.3 is 5.97 Å². The lowest BCUT2D eigenvalue weighted by atomic mass is 9.88. The summed E-state index contributed by atoms with van der Waals surface area (Å²) >= 11 is 16.7. The minimum Gasteiger partial charge on any atom is -0.462 e. The molecule has 0 amide bonds. The van der Waals surface area contributed by atoms with Gasteiger partial charge < -0.3 is 4.74 Å². The maximum atomic E-state index is 11.9. The molecule has 0 heterocycles. The van der Waals surface area contributed by atoms with Gasteiger partial charge in [0.05, 0.1) is 12.2 Å². The average Bonchev–Trinajstić information content (AvgIpc) is 2.67. The zero-order valence-corrected chi connectivity index (χ0v) is 19.6. The van der Waals surface area contributed by atoms with Crippen molar-refractivity contribution in [1.29, 1.82) is 0 Å². The van der Waals surface area contributed by atoms with E-state index in [2.05, 4.69) is 53.8 Å². The number of ether oxygens (including phenoxy) is 1. The minimum atomic E-state index is -0.237. The predicted molar refractivity (Wildman–Crippen MR) is 125 cm³/mol. The van der Waals surface area contributed by atoms with E-state index in [1.165, 1.54) is 32.1 Å². The van der Waals surface area contributed by atoms with E-state index in [1.54, 1.807) is 12.1 Å². The fourth-order valence-corrected chi connectivity index (χ4v) is 4.65. The van der Waals surface area contributed by atoms with E-state index in [4.69, 9.17) is 4.74 Å². The molecule has 26 heavy (non-hydrogen) atoms. The first-order valence-corrected chi connectivity index (χ1v) is 12.0. The van der Waals surface area contributed by atoms with Gasteiger partial charge in [-0.1, -0.05) is 54.5 Å². The highest BCUT2D eigenvalue weighted by molar-refractivity contribution is 9.10. The van der Waals surface area contributed by atoms with Crippen molar-refractivity contribution in [2.24, 2.45) is 5.41 Å². The van der Waals surface area contributed by atoms with Gasteiger partial charge in [0.15, 0.2) is 0 Å².